The Morgan fingerprint density at radius 2 is 0.519 bits per heavy atom. The molecule has 20 nitrogen and oxygen atoms in total. The van der Waals surface area contributed by atoms with Crippen LogP contribution in [0.25, 0.3) is 0 Å². The summed E-state index contributed by atoms with van der Waals surface area (Å²) in [7, 11) is 0. The number of aryl methyl sites for hydroxylation is 5. The summed E-state index contributed by atoms with van der Waals surface area (Å²) in [4.78, 5) is 125. The predicted molar refractivity (Wildman–Crippen MR) is 509 cm³/mol. The Labute approximate surface area is 788 Å². The Balaban J connectivity index is 0. The van der Waals surface area contributed by atoms with Gasteiger partial charge in [-0.25, -0.2) is 43.9 Å². The second kappa shape index (κ2) is 51.0. The van der Waals surface area contributed by atoms with E-state index in [9.17, 15) is 91.8 Å². The van der Waals surface area contributed by atoms with Crippen molar-refractivity contribution in [1.29, 1.82) is 0 Å². The van der Waals surface area contributed by atoms with Gasteiger partial charge in [0, 0.05) is 113 Å². The van der Waals surface area contributed by atoms with Gasteiger partial charge in [-0.3, -0.25) is 47.9 Å². The Hall–Kier alpha value is -10.2. The van der Waals surface area contributed by atoms with Gasteiger partial charge >= 0.3 is 0 Å². The van der Waals surface area contributed by atoms with Crippen LogP contribution in [0.5, 0.6) is 0 Å². The third-order valence-electron chi connectivity index (χ3n) is 23.1. The molecule has 0 spiro atoms. The van der Waals surface area contributed by atoms with Gasteiger partial charge in [0.1, 0.15) is 58.2 Å². The van der Waals surface area contributed by atoms with E-state index in [1.54, 1.807) is 6.92 Å². The number of halogens is 10. The molecule has 2 unspecified atom stereocenters. The zero-order chi connectivity index (χ0) is 101. The van der Waals surface area contributed by atoms with Crippen LogP contribution >= 0.6 is 0 Å². The first-order valence-electron chi connectivity index (χ1n) is 46.1. The van der Waals surface area contributed by atoms with Crippen molar-refractivity contribution in [2.75, 3.05) is 0 Å². The third kappa shape index (κ3) is 45.6. The van der Waals surface area contributed by atoms with Crippen LogP contribution in [0.4, 0.5) is 43.9 Å². The molecule has 30 heteroatoms. The first-order chi connectivity index (χ1) is 61.1. The van der Waals surface area contributed by atoms with E-state index in [0.717, 1.165) is 74.4 Å². The number of nitrogens with one attached hydrogen (secondary N) is 5. The van der Waals surface area contributed by atoms with Crippen LogP contribution in [-0.2, 0) is 80.0 Å². The van der Waals surface area contributed by atoms with Crippen molar-refractivity contribution in [2.24, 2.45) is 117 Å². The molecule has 5 aromatic rings. The van der Waals surface area contributed by atoms with Crippen molar-refractivity contribution in [1.82, 2.24) is 26.6 Å². The number of rotatable bonds is 39. The lowest BCUT2D eigenvalue weighted by Gasteiger charge is -2.34. The van der Waals surface area contributed by atoms with Crippen LogP contribution in [0, 0.1) is 146 Å². The van der Waals surface area contributed by atoms with E-state index in [1.807, 2.05) is 125 Å². The van der Waals surface area contributed by atoms with E-state index < -0.39 is 175 Å². The fraction of sp³-hybridized carbons (Fsp3) is 0.592. The standard InChI is InChI=1S/2C21H30F2N2O2.C21H32F2N2O2.2C20H28F2N2O2.5H2/c1-12-7-14(12)10-18(20(27)25-21(2,3)4)17(19(24)26)6-5-13-8-15(22)11-16(23)9-13;1-21(2,3)25-20(27)18(11-13-5-4-6-13)17(19(24)26)8-7-14-9-15(22)12-16(23)10-14;1-20(2,3)12-17(19(27)25-21(4,5)6)16(18(24)26)8-7-13-9-14(22)11-15(23)10-13;1-20(2,3)24-19(26)17(10-12-4-5-12)16(18(23)25)7-6-13-8-14(21)11-15(22)9-13;1-12(2)8-17(19(26)24-20(3,4)5)16(18(23)25)7-6-13-9-14(21)11-15(22)10-13;;;;;/h8-9,11-12,14,17-18H,5-7,10H2,1-4H3,(H2,24,26)(H,25,27);9-10,12-13,17-18H,4-8,11H2,1-3H3,(H2,24,26)(H,25,27);9-11,16-17H,7-8,12H2,1-6H3,(H2,24,26)(H,25,27);8-9,11-12,16-17H,4-7,10H2,1-3H3,(H2,23,25)(H,24,26);9-11,16-17H,1,6-8H2,2-5H3,(H2,23,25)(H,24,26);5*1H/t12?,14?,17-,18+;17-,18+;3*16-,17+;;;;;/m00000...../s1. The first-order valence-corrected chi connectivity index (χ1v) is 46.1. The second-order valence-corrected chi connectivity index (χ2v) is 43.2. The first kappa shape index (κ1) is 115. The Kier molecular flexibility index (Phi) is 44.1. The van der Waals surface area contributed by atoms with Crippen molar-refractivity contribution in [3.05, 3.63) is 189 Å². The molecule has 3 aliphatic carbocycles. The molecule has 0 aliphatic heterocycles. The van der Waals surface area contributed by atoms with Crippen LogP contribution in [0.3, 0.4) is 0 Å². The number of carbonyl (C=O) groups is 10. The molecule has 15 N–H and O–H groups in total. The molecule has 133 heavy (non-hydrogen) atoms. The Morgan fingerprint density at radius 1 is 0.323 bits per heavy atom. The number of amides is 10. The number of benzene rings is 5. The van der Waals surface area contributed by atoms with E-state index >= 15 is 0 Å². The molecule has 0 heterocycles. The van der Waals surface area contributed by atoms with Crippen molar-refractivity contribution >= 4 is 59.1 Å². The van der Waals surface area contributed by atoms with E-state index in [2.05, 4.69) is 40.1 Å². The molecule has 0 aromatic heterocycles. The summed E-state index contributed by atoms with van der Waals surface area (Å²) in [6.07, 6.45) is 11.7. The monoisotopic (exact) mass is 1890 g/mol. The van der Waals surface area contributed by atoms with Crippen molar-refractivity contribution < 1.29 is 99.0 Å². The molecule has 5 aromatic carbocycles. The van der Waals surface area contributed by atoms with Gasteiger partial charge in [-0.1, -0.05) is 65.4 Å². The quantitative estimate of drug-likeness (QED) is 0.0131. The van der Waals surface area contributed by atoms with Crippen LogP contribution in [0.2, 0.25) is 0 Å². The minimum Gasteiger partial charge on any atom is -0.369 e. The Morgan fingerprint density at radius 3 is 0.699 bits per heavy atom. The van der Waals surface area contributed by atoms with Crippen molar-refractivity contribution in [3.8, 4) is 0 Å². The molecular weight excluding hydrogens is 1730 g/mol. The smallest absolute Gasteiger partial charge is 0.224 e. The minimum atomic E-state index is -0.764. The molecule has 3 fully saturated rings. The zero-order valence-electron chi connectivity index (χ0n) is 81.5. The summed E-state index contributed by atoms with van der Waals surface area (Å²) in [5.41, 5.74) is 28.6. The highest BCUT2D eigenvalue weighted by molar-refractivity contribution is 5.90. The predicted octanol–water partition coefficient (Wildman–Crippen LogP) is 19.3. The summed E-state index contributed by atoms with van der Waals surface area (Å²) >= 11 is 0. The summed E-state index contributed by atoms with van der Waals surface area (Å²) < 4.78 is 134. The van der Waals surface area contributed by atoms with Gasteiger partial charge < -0.3 is 55.3 Å². The third-order valence-corrected chi connectivity index (χ3v) is 23.1. The van der Waals surface area contributed by atoms with Gasteiger partial charge in [0.25, 0.3) is 0 Å². The van der Waals surface area contributed by atoms with Gasteiger partial charge in [0.15, 0.2) is 0 Å². The fourth-order valence-corrected chi connectivity index (χ4v) is 16.5. The lowest BCUT2D eigenvalue weighted by molar-refractivity contribution is -0.135. The normalized spacial score (nSPS) is 16.7. The van der Waals surface area contributed by atoms with E-state index in [-0.39, 0.29) is 106 Å². The maximum absolute atomic E-state index is 13.4. The molecule has 10 amide bonds. The SMILES string of the molecule is C=C(C)C[C@@H](C(=O)NC(C)(C)C)[C@H](CCc1cc(F)cc(F)c1)C(N)=O.CC(C)(C)C[C@@H](C(=O)NC(C)(C)C)[C@H](CCc1cc(F)cc(F)c1)C(N)=O.CC(C)(C)NC(=O)[C@H](CC1CC1)[C@H](CCc1cc(F)cc(F)c1)C(N)=O.CC(C)(C)NC(=O)[C@H](CC1CCC1)[C@H](CCc1cc(F)cc(F)c1)C(N)=O.CC1CC1C[C@@H](C(=O)NC(C)(C)C)[C@H](CCc1cc(F)cc(F)c1)C(N)=O.[HH].[HH].[HH].[HH].[HH]. The summed E-state index contributed by atoms with van der Waals surface area (Å²) in [5, 5.41) is 14.6. The summed E-state index contributed by atoms with van der Waals surface area (Å²) in [6.45, 7) is 41.8. The number of hydrogen-bond acceptors (Lipinski definition) is 10. The van der Waals surface area contributed by atoms with E-state index in [4.69, 9.17) is 28.7 Å². The molecule has 8 rings (SSSR count). The maximum atomic E-state index is 13.4. The number of nitrogens with two attached hydrogens (primary N) is 5. The Bertz CT molecular complexity index is 4590. The largest absolute Gasteiger partial charge is 0.369 e. The average molecular weight is 1890 g/mol. The summed E-state index contributed by atoms with van der Waals surface area (Å²) in [5.74, 6) is -15.1. The van der Waals surface area contributed by atoms with Crippen molar-refractivity contribution in [3.63, 3.8) is 0 Å². The number of allylic oxidation sites excluding steroid dienone is 1. The molecule has 0 bridgehead atoms. The highest BCUT2D eigenvalue weighted by Crippen LogP contribution is 2.45. The van der Waals surface area contributed by atoms with Crippen molar-refractivity contribution in [2.45, 2.75) is 301 Å². The number of primary amides is 5. The molecule has 750 valence electrons. The van der Waals surface area contributed by atoms with Gasteiger partial charge in [-0.05, 0) is 331 Å². The molecular formula is C103H158F10N10O10. The van der Waals surface area contributed by atoms with Crippen LogP contribution in [0.1, 0.15) is 276 Å². The van der Waals surface area contributed by atoms with Gasteiger partial charge in [0.05, 0.1) is 11.8 Å². The average Bonchev–Trinajstić information content (AvgIpc) is 1.73. The van der Waals surface area contributed by atoms with Crippen LogP contribution < -0.4 is 55.3 Å². The highest BCUT2D eigenvalue weighted by atomic mass is 19.2. The molecule has 0 radical (unpaired) electrons. The molecule has 3 aliphatic rings. The van der Waals surface area contributed by atoms with Gasteiger partial charge in [0.2, 0.25) is 59.1 Å². The van der Waals surface area contributed by atoms with Crippen LogP contribution in [-0.4, -0.2) is 86.8 Å². The van der Waals surface area contributed by atoms with Gasteiger partial charge in [-0.2, -0.15) is 0 Å². The zero-order valence-corrected chi connectivity index (χ0v) is 81.5. The lowest BCUT2D eigenvalue weighted by Crippen LogP contribution is -2.48. The van der Waals surface area contributed by atoms with Crippen LogP contribution in [0.15, 0.2) is 103 Å². The lowest BCUT2D eigenvalue weighted by atomic mass is 9.73. The second-order valence-electron chi connectivity index (χ2n) is 43.2. The maximum Gasteiger partial charge on any atom is 0.224 e. The molecule has 3 saturated carbocycles. The molecule has 0 saturated heterocycles. The fourth-order valence-electron chi connectivity index (χ4n) is 16.5. The molecule has 12 atom stereocenters. The summed E-state index contributed by atoms with van der Waals surface area (Å²) in [6, 6.07) is 16.4. The number of carbonyl (C=O) groups excluding carboxylic acids is 10. The number of hydrogen-bond donors (Lipinski definition) is 10. The highest BCUT2D eigenvalue weighted by Gasteiger charge is 2.44. The van der Waals surface area contributed by atoms with E-state index in [0.29, 0.717) is 83.6 Å². The van der Waals surface area contributed by atoms with Gasteiger partial charge in [-0.15, -0.1) is 6.58 Å². The topological polar surface area (TPSA) is 361 Å². The minimum absolute atomic E-state index is 0. The van der Waals surface area contributed by atoms with E-state index in [1.165, 1.54) is 60.7 Å².